The quantitative estimate of drug-likeness (QED) is 0.111. The van der Waals surface area contributed by atoms with Crippen molar-refractivity contribution >= 4 is 68.7 Å². The summed E-state index contributed by atoms with van der Waals surface area (Å²) in [5, 5.41) is 24.4. The van der Waals surface area contributed by atoms with Crippen LogP contribution in [-0.2, 0) is 5.41 Å². The molecule has 0 atom stereocenters. The number of hydrogen-bond donors (Lipinski definition) is 4. The van der Waals surface area contributed by atoms with Crippen molar-refractivity contribution in [3.05, 3.63) is 168 Å². The molecule has 0 unspecified atom stereocenters. The van der Waals surface area contributed by atoms with Crippen molar-refractivity contribution in [2.45, 2.75) is 19.3 Å². The molecule has 7 aromatic carbocycles. The third kappa shape index (κ3) is 5.33. The standard InChI is InChI=1S/C31H24BNO2.C13H10N2S/c1-31(2)26-16-20(7-11-23(26)24-12-10-21(32(34)35)17-27(24)31)19-9-13-28-25(15-19)30-22-6-4-3-5-18(22)8-14-29(30)33-28;1-2-6-10(7-3-1)13-11-8-4-5-9-12(11)14-16-15-13/h3-17,33-35H,1-2H3;1-9,14H. The second-order valence-electron chi connectivity index (χ2n) is 13.7. The average Bonchev–Trinajstić information content (AvgIpc) is 3.66. The number of nitrogens with zero attached hydrogens (tertiary/aromatic N) is 1. The molecule has 5 nitrogen and oxygen atoms in total. The van der Waals surface area contributed by atoms with E-state index in [1.165, 1.54) is 61.5 Å². The Morgan fingerprint density at radius 2 is 1.27 bits per heavy atom. The lowest BCUT2D eigenvalue weighted by Crippen LogP contribution is -2.31. The van der Waals surface area contributed by atoms with Crippen LogP contribution in [0.4, 0.5) is 5.69 Å². The summed E-state index contributed by atoms with van der Waals surface area (Å²) < 4.78 is 7.65. The first kappa shape index (κ1) is 31.4. The molecule has 0 spiro atoms. The lowest BCUT2D eigenvalue weighted by atomic mass is 9.75. The molecule has 1 aliphatic heterocycles. The van der Waals surface area contributed by atoms with Crippen LogP contribution in [0.5, 0.6) is 0 Å². The van der Waals surface area contributed by atoms with Gasteiger partial charge in [-0.05, 0) is 79.9 Å². The van der Waals surface area contributed by atoms with Crippen LogP contribution in [0.15, 0.2) is 150 Å². The minimum absolute atomic E-state index is 0.230. The first-order valence-corrected chi connectivity index (χ1v) is 17.9. The van der Waals surface area contributed by atoms with E-state index in [0.717, 1.165) is 39.1 Å². The molecule has 51 heavy (non-hydrogen) atoms. The van der Waals surface area contributed by atoms with Gasteiger partial charge in [0.25, 0.3) is 0 Å². The molecule has 1 aromatic heterocycles. The fourth-order valence-electron chi connectivity index (χ4n) is 7.70. The fraction of sp³-hybridized carbons (Fsp3) is 0.0682. The molecule has 246 valence electrons. The molecule has 0 bridgehead atoms. The van der Waals surface area contributed by atoms with Gasteiger partial charge in [-0.3, -0.25) is 0 Å². The van der Waals surface area contributed by atoms with Gasteiger partial charge in [0.2, 0.25) is 0 Å². The number of hydrogen-bond acceptors (Lipinski definition) is 5. The Bertz CT molecular complexity index is 2660. The van der Waals surface area contributed by atoms with Crippen molar-refractivity contribution in [3.8, 4) is 22.3 Å². The zero-order valence-electron chi connectivity index (χ0n) is 28.2. The van der Waals surface area contributed by atoms with Gasteiger partial charge in [0.15, 0.2) is 0 Å². The first-order valence-electron chi connectivity index (χ1n) is 17.1. The van der Waals surface area contributed by atoms with Crippen LogP contribution in [0.25, 0.3) is 54.8 Å². The Hall–Kier alpha value is -5.60. The van der Waals surface area contributed by atoms with Crippen LogP contribution in [-0.4, -0.2) is 27.9 Å². The van der Waals surface area contributed by atoms with Gasteiger partial charge >= 0.3 is 7.12 Å². The van der Waals surface area contributed by atoms with E-state index < -0.39 is 7.12 Å². The number of anilines is 1. The molecule has 8 aromatic rings. The maximum absolute atomic E-state index is 9.70. The van der Waals surface area contributed by atoms with Crippen LogP contribution < -0.4 is 10.2 Å². The van der Waals surface area contributed by atoms with Gasteiger partial charge in [-0.15, -0.1) is 0 Å². The second-order valence-corrected chi connectivity index (χ2v) is 14.3. The number of rotatable bonds is 3. The highest BCUT2D eigenvalue weighted by Crippen LogP contribution is 2.49. The molecule has 0 saturated heterocycles. The predicted molar refractivity (Wildman–Crippen MR) is 216 cm³/mol. The van der Waals surface area contributed by atoms with E-state index in [1.54, 1.807) is 6.07 Å². The summed E-state index contributed by atoms with van der Waals surface area (Å²) in [6, 6.07) is 50.5. The molecule has 0 radical (unpaired) electrons. The van der Waals surface area contributed by atoms with Crippen LogP contribution in [0.1, 0.15) is 36.1 Å². The number of nitrogens with one attached hydrogen (secondary N) is 2. The van der Waals surface area contributed by atoms with Gasteiger partial charge in [0.05, 0.1) is 23.5 Å². The fourth-order valence-corrected chi connectivity index (χ4v) is 8.31. The molecule has 10 rings (SSSR count). The lowest BCUT2D eigenvalue weighted by Gasteiger charge is -2.22. The number of aromatic amines is 1. The molecule has 0 amide bonds. The SMILES string of the molecule is CC1(C)c2cc(B(O)O)ccc2-c2ccc(-c3ccc4[nH]c5ccc6ccccc6c5c4c3)cc21.c1ccc(C2=NSNc3ccccc32)cc1. The number of fused-ring (bicyclic) bond motifs is 9. The molecule has 7 heteroatoms. The van der Waals surface area contributed by atoms with Gasteiger partial charge in [-0.1, -0.05) is 129 Å². The topological polar surface area (TPSA) is 80.6 Å². The summed E-state index contributed by atoms with van der Waals surface area (Å²) >= 11 is 1.38. The maximum Gasteiger partial charge on any atom is 0.488 e. The highest BCUT2D eigenvalue weighted by molar-refractivity contribution is 7.99. The van der Waals surface area contributed by atoms with Crippen LogP contribution in [0.3, 0.4) is 0 Å². The van der Waals surface area contributed by atoms with E-state index in [2.05, 4.69) is 125 Å². The molecular weight excluding hydrogens is 645 g/mol. The third-order valence-corrected chi connectivity index (χ3v) is 10.9. The molecule has 0 saturated carbocycles. The van der Waals surface area contributed by atoms with Crippen LogP contribution in [0.2, 0.25) is 0 Å². The van der Waals surface area contributed by atoms with Crippen molar-refractivity contribution in [3.63, 3.8) is 0 Å². The van der Waals surface area contributed by atoms with Gasteiger partial charge < -0.3 is 19.8 Å². The molecule has 2 heterocycles. The average molecular weight is 680 g/mol. The number of benzene rings is 7. The van der Waals surface area contributed by atoms with Gasteiger partial charge in [-0.2, -0.15) is 4.40 Å². The lowest BCUT2D eigenvalue weighted by molar-refractivity contribution is 0.425. The largest absolute Gasteiger partial charge is 0.488 e. The Balaban J connectivity index is 0.000000182. The summed E-state index contributed by atoms with van der Waals surface area (Å²) in [7, 11) is -1.46. The summed E-state index contributed by atoms with van der Waals surface area (Å²) in [5.41, 5.74) is 14.2. The maximum atomic E-state index is 9.70. The van der Waals surface area contributed by atoms with Crippen molar-refractivity contribution in [1.29, 1.82) is 0 Å². The molecular formula is C44H34BN3O2S. The Kier molecular flexibility index (Phi) is 7.58. The summed E-state index contributed by atoms with van der Waals surface area (Å²) in [4.78, 5) is 3.59. The van der Waals surface area contributed by atoms with Crippen molar-refractivity contribution < 1.29 is 10.0 Å². The number of H-pyrrole nitrogens is 1. The monoisotopic (exact) mass is 679 g/mol. The van der Waals surface area contributed by atoms with Gasteiger partial charge in [-0.25, -0.2) is 0 Å². The van der Waals surface area contributed by atoms with E-state index >= 15 is 0 Å². The van der Waals surface area contributed by atoms with Gasteiger partial charge in [0, 0.05) is 38.3 Å². The zero-order valence-corrected chi connectivity index (χ0v) is 29.0. The van der Waals surface area contributed by atoms with E-state index in [0.29, 0.717) is 5.46 Å². The highest BCUT2D eigenvalue weighted by atomic mass is 32.2. The van der Waals surface area contributed by atoms with E-state index in [4.69, 9.17) is 0 Å². The molecule has 4 N–H and O–H groups in total. The molecule has 0 fully saturated rings. The Morgan fingerprint density at radius 1 is 0.588 bits per heavy atom. The Morgan fingerprint density at radius 3 is 2.12 bits per heavy atom. The molecule has 1 aliphatic carbocycles. The van der Waals surface area contributed by atoms with Crippen molar-refractivity contribution in [1.82, 2.24) is 4.98 Å². The normalized spacial score (nSPS) is 13.8. The van der Waals surface area contributed by atoms with Crippen LogP contribution >= 0.6 is 12.1 Å². The first-order chi connectivity index (χ1) is 24.9. The van der Waals surface area contributed by atoms with Crippen molar-refractivity contribution in [2.75, 3.05) is 4.72 Å². The Labute approximate surface area is 301 Å². The number of para-hydroxylation sites is 1. The number of aromatic nitrogens is 1. The summed E-state index contributed by atoms with van der Waals surface area (Å²) in [5.74, 6) is 0. The van der Waals surface area contributed by atoms with Crippen molar-refractivity contribution in [2.24, 2.45) is 4.40 Å². The smallest absolute Gasteiger partial charge is 0.423 e. The van der Waals surface area contributed by atoms with Crippen LogP contribution in [0, 0.1) is 0 Å². The second kappa shape index (κ2) is 12.3. The minimum Gasteiger partial charge on any atom is -0.423 e. The summed E-state index contributed by atoms with van der Waals surface area (Å²) in [6.45, 7) is 4.42. The van der Waals surface area contributed by atoms with E-state index in [9.17, 15) is 10.0 Å². The minimum atomic E-state index is -1.46. The van der Waals surface area contributed by atoms with E-state index in [-0.39, 0.29) is 5.41 Å². The third-order valence-electron chi connectivity index (χ3n) is 10.3. The zero-order chi connectivity index (χ0) is 34.7. The predicted octanol–water partition coefficient (Wildman–Crippen LogP) is 9.64. The van der Waals surface area contributed by atoms with E-state index in [1.807, 2.05) is 42.5 Å². The highest BCUT2D eigenvalue weighted by Gasteiger charge is 2.36. The summed E-state index contributed by atoms with van der Waals surface area (Å²) in [6.07, 6.45) is 0. The molecule has 2 aliphatic rings. The van der Waals surface area contributed by atoms with Gasteiger partial charge in [0.1, 0.15) is 0 Å².